The van der Waals surface area contributed by atoms with E-state index in [1.807, 2.05) is 24.0 Å². The minimum absolute atomic E-state index is 0.0975. The van der Waals surface area contributed by atoms with Crippen LogP contribution in [-0.2, 0) is 10.0 Å². The van der Waals surface area contributed by atoms with Crippen molar-refractivity contribution >= 4 is 39.1 Å². The molecular weight excluding hydrogens is 422 g/mol. The Morgan fingerprint density at radius 2 is 1.93 bits per heavy atom. The molecule has 8 heteroatoms. The zero-order chi connectivity index (χ0) is 21.3. The van der Waals surface area contributed by atoms with Gasteiger partial charge in [0.25, 0.3) is 15.9 Å². The molecule has 2 heterocycles. The average Bonchev–Trinajstić information content (AvgIpc) is 2.97. The van der Waals surface area contributed by atoms with Crippen molar-refractivity contribution in [3.63, 3.8) is 0 Å². The second-order valence-electron chi connectivity index (χ2n) is 7.61. The van der Waals surface area contributed by atoms with Gasteiger partial charge in [-0.05, 0) is 55.2 Å². The van der Waals surface area contributed by atoms with Crippen LogP contribution >= 0.6 is 11.6 Å². The van der Waals surface area contributed by atoms with Crippen LogP contribution in [0.4, 0.5) is 5.69 Å². The second kappa shape index (κ2) is 8.40. The smallest absolute Gasteiger partial charge is 0.286 e. The third-order valence-corrected chi connectivity index (χ3v) is 7.18. The van der Waals surface area contributed by atoms with Gasteiger partial charge in [-0.15, -0.1) is 4.40 Å². The average molecular weight is 446 g/mol. The maximum absolute atomic E-state index is 12.9. The lowest BCUT2D eigenvalue weighted by atomic mass is 10.0. The van der Waals surface area contributed by atoms with Crippen LogP contribution in [-0.4, -0.2) is 26.7 Å². The molecular formula is C22H24ClN3O3S. The highest BCUT2D eigenvalue weighted by Crippen LogP contribution is 2.35. The highest BCUT2D eigenvalue weighted by molar-refractivity contribution is 7.90. The molecule has 1 amide bonds. The molecule has 1 atom stereocenters. The number of fused-ring (bicyclic) bond motifs is 3. The molecule has 30 heavy (non-hydrogen) atoms. The number of nitrogens with one attached hydrogen (secondary N) is 1. The lowest BCUT2D eigenvalue weighted by Crippen LogP contribution is -2.35. The Balaban J connectivity index is 1.63. The molecule has 2 aliphatic rings. The minimum Gasteiger partial charge on any atom is -0.345 e. The van der Waals surface area contributed by atoms with Crippen molar-refractivity contribution in [2.24, 2.45) is 4.40 Å². The lowest BCUT2D eigenvalue weighted by molar-refractivity contribution is 0.0935. The van der Waals surface area contributed by atoms with Gasteiger partial charge in [-0.1, -0.05) is 37.1 Å². The molecule has 6 nitrogen and oxygen atoms in total. The van der Waals surface area contributed by atoms with Gasteiger partial charge >= 0.3 is 0 Å². The largest absolute Gasteiger partial charge is 0.345 e. The van der Waals surface area contributed by atoms with Crippen LogP contribution in [0.2, 0.25) is 5.02 Å². The van der Waals surface area contributed by atoms with Crippen molar-refractivity contribution in [1.82, 2.24) is 5.32 Å². The fourth-order valence-electron chi connectivity index (χ4n) is 3.98. The SMILES string of the molecule is CC[C@@H](NC(=O)c1ccc2c(c1)S(=O)(=O)N=C1CCCCCN12)c1ccc(Cl)cc1. The number of anilines is 1. The van der Waals surface area contributed by atoms with Gasteiger partial charge in [0.2, 0.25) is 0 Å². The Kier molecular flexibility index (Phi) is 5.84. The summed E-state index contributed by atoms with van der Waals surface area (Å²) in [6.07, 6.45) is 4.32. The van der Waals surface area contributed by atoms with Gasteiger partial charge in [-0.25, -0.2) is 0 Å². The Labute approximate surface area is 182 Å². The molecule has 4 rings (SSSR count). The number of halogens is 1. The first-order valence-electron chi connectivity index (χ1n) is 10.2. The Hall–Kier alpha value is -2.38. The monoisotopic (exact) mass is 445 g/mol. The van der Waals surface area contributed by atoms with E-state index >= 15 is 0 Å². The first kappa shape index (κ1) is 20.9. The molecule has 158 valence electrons. The van der Waals surface area contributed by atoms with Crippen LogP contribution in [0, 0.1) is 0 Å². The van der Waals surface area contributed by atoms with Crippen molar-refractivity contribution in [3.8, 4) is 0 Å². The molecule has 0 spiro atoms. The van der Waals surface area contributed by atoms with Gasteiger partial charge in [0.15, 0.2) is 0 Å². The number of carbonyl (C=O) groups is 1. The maximum atomic E-state index is 12.9. The Bertz CT molecular complexity index is 1100. The van der Waals surface area contributed by atoms with Crippen LogP contribution in [0.3, 0.4) is 0 Å². The molecule has 2 aromatic rings. The van der Waals surface area contributed by atoms with Crippen molar-refractivity contribution in [2.45, 2.75) is 50.0 Å². The zero-order valence-electron chi connectivity index (χ0n) is 16.8. The van der Waals surface area contributed by atoms with Gasteiger partial charge in [0.05, 0.1) is 11.7 Å². The van der Waals surface area contributed by atoms with Gasteiger partial charge < -0.3 is 10.2 Å². The second-order valence-corrected chi connectivity index (χ2v) is 9.62. The van der Waals surface area contributed by atoms with E-state index in [-0.39, 0.29) is 16.8 Å². The van der Waals surface area contributed by atoms with E-state index in [4.69, 9.17) is 11.6 Å². The molecule has 2 aliphatic heterocycles. The van der Waals surface area contributed by atoms with Crippen molar-refractivity contribution in [1.29, 1.82) is 0 Å². The van der Waals surface area contributed by atoms with E-state index in [1.54, 1.807) is 24.3 Å². The quantitative estimate of drug-likeness (QED) is 0.739. The fourth-order valence-corrected chi connectivity index (χ4v) is 5.39. The van der Waals surface area contributed by atoms with Crippen molar-refractivity contribution in [2.75, 3.05) is 11.4 Å². The van der Waals surface area contributed by atoms with E-state index in [0.29, 0.717) is 35.0 Å². The minimum atomic E-state index is -3.82. The normalized spacial score (nSPS) is 18.5. The third kappa shape index (κ3) is 4.09. The topological polar surface area (TPSA) is 78.8 Å². The number of amides is 1. The van der Waals surface area contributed by atoms with E-state index in [1.165, 1.54) is 6.07 Å². The van der Waals surface area contributed by atoms with Gasteiger partial charge in [0.1, 0.15) is 10.7 Å². The maximum Gasteiger partial charge on any atom is 0.286 e. The number of amidine groups is 1. The Morgan fingerprint density at radius 1 is 1.17 bits per heavy atom. The molecule has 0 radical (unpaired) electrons. The summed E-state index contributed by atoms with van der Waals surface area (Å²) >= 11 is 5.96. The number of rotatable bonds is 4. The standard InChI is InChI=1S/C22H24ClN3O3S/c1-2-18(15-7-10-17(23)11-8-15)24-22(27)16-9-12-19-20(14-16)30(28,29)25-21-6-4-3-5-13-26(19)21/h7-12,14,18H,2-6,13H2,1H3,(H,24,27)/t18-/m1/s1. The van der Waals surface area contributed by atoms with Crippen LogP contribution in [0.1, 0.15) is 61.0 Å². The summed E-state index contributed by atoms with van der Waals surface area (Å²) in [6, 6.07) is 12.0. The van der Waals surface area contributed by atoms with Gasteiger partial charge in [0, 0.05) is 23.6 Å². The van der Waals surface area contributed by atoms with Gasteiger partial charge in [-0.3, -0.25) is 4.79 Å². The number of nitrogens with zero attached hydrogens (tertiary/aromatic N) is 2. The molecule has 0 saturated carbocycles. The van der Waals surface area contributed by atoms with Crippen LogP contribution in [0.25, 0.3) is 0 Å². The summed E-state index contributed by atoms with van der Waals surface area (Å²) in [7, 11) is -3.82. The first-order chi connectivity index (χ1) is 14.4. The predicted molar refractivity (Wildman–Crippen MR) is 119 cm³/mol. The lowest BCUT2D eigenvalue weighted by Gasteiger charge is -2.29. The molecule has 1 N–H and O–H groups in total. The summed E-state index contributed by atoms with van der Waals surface area (Å²) in [5.41, 5.74) is 1.86. The van der Waals surface area contributed by atoms with Gasteiger partial charge in [-0.2, -0.15) is 8.42 Å². The van der Waals surface area contributed by atoms with Crippen molar-refractivity contribution in [3.05, 3.63) is 58.6 Å². The molecule has 1 fully saturated rings. The highest BCUT2D eigenvalue weighted by atomic mass is 35.5. The number of carbonyl (C=O) groups excluding carboxylic acids is 1. The first-order valence-corrected chi connectivity index (χ1v) is 12.0. The highest BCUT2D eigenvalue weighted by Gasteiger charge is 2.32. The third-order valence-electron chi connectivity index (χ3n) is 5.60. The van der Waals surface area contributed by atoms with Crippen LogP contribution in [0.5, 0.6) is 0 Å². The molecule has 0 bridgehead atoms. The summed E-state index contributed by atoms with van der Waals surface area (Å²) in [5.74, 6) is 0.284. The number of hydrogen-bond donors (Lipinski definition) is 1. The number of hydrogen-bond acceptors (Lipinski definition) is 4. The summed E-state index contributed by atoms with van der Waals surface area (Å²) in [5, 5.41) is 3.63. The number of benzene rings is 2. The van der Waals surface area contributed by atoms with Crippen LogP contribution < -0.4 is 10.2 Å². The van der Waals surface area contributed by atoms with E-state index < -0.39 is 10.0 Å². The molecule has 1 saturated heterocycles. The fraction of sp³-hybridized carbons (Fsp3) is 0.364. The molecule has 0 aromatic heterocycles. The number of sulfonamides is 1. The van der Waals surface area contributed by atoms with Crippen LogP contribution in [0.15, 0.2) is 51.8 Å². The predicted octanol–water partition coefficient (Wildman–Crippen LogP) is 4.70. The summed E-state index contributed by atoms with van der Waals surface area (Å²) < 4.78 is 29.6. The molecule has 0 aliphatic carbocycles. The summed E-state index contributed by atoms with van der Waals surface area (Å²) in [6.45, 7) is 2.72. The van der Waals surface area contributed by atoms with Crippen molar-refractivity contribution < 1.29 is 13.2 Å². The molecule has 2 aromatic carbocycles. The molecule has 0 unspecified atom stereocenters. The Morgan fingerprint density at radius 3 is 2.67 bits per heavy atom. The van der Waals surface area contributed by atoms with E-state index in [9.17, 15) is 13.2 Å². The van der Waals surface area contributed by atoms with E-state index in [2.05, 4.69) is 9.71 Å². The van der Waals surface area contributed by atoms with E-state index in [0.717, 1.165) is 31.4 Å². The zero-order valence-corrected chi connectivity index (χ0v) is 18.3. The summed E-state index contributed by atoms with van der Waals surface area (Å²) in [4.78, 5) is 15.0.